The monoisotopic (exact) mass is 343 g/mol. The average molecular weight is 343 g/mol. The Morgan fingerprint density at radius 1 is 1.24 bits per heavy atom. The molecule has 25 heavy (non-hydrogen) atoms. The molecule has 1 aromatic carbocycles. The van der Waals surface area contributed by atoms with Crippen molar-refractivity contribution in [3.63, 3.8) is 0 Å². The Kier molecular flexibility index (Phi) is 5.67. The van der Waals surface area contributed by atoms with Gasteiger partial charge in [-0.05, 0) is 18.1 Å². The lowest BCUT2D eigenvalue weighted by atomic mass is 10.1. The Bertz CT molecular complexity index is 722. The van der Waals surface area contributed by atoms with Crippen LogP contribution in [0.3, 0.4) is 0 Å². The van der Waals surface area contributed by atoms with Crippen LogP contribution in [0.2, 0.25) is 0 Å². The number of hydrogen-bond acceptors (Lipinski definition) is 4. The molecule has 0 unspecified atom stereocenters. The number of amides is 2. The molecule has 0 radical (unpaired) electrons. The van der Waals surface area contributed by atoms with Gasteiger partial charge in [-0.15, -0.1) is 0 Å². The van der Waals surface area contributed by atoms with Gasteiger partial charge in [0.05, 0.1) is 18.9 Å². The van der Waals surface area contributed by atoms with Gasteiger partial charge in [0.25, 0.3) is 0 Å². The summed E-state index contributed by atoms with van der Waals surface area (Å²) in [4.78, 5) is 14.5. The van der Waals surface area contributed by atoms with Gasteiger partial charge in [0.15, 0.2) is 0 Å². The highest BCUT2D eigenvalue weighted by atomic mass is 16.5. The van der Waals surface area contributed by atoms with Gasteiger partial charge in [-0.3, -0.25) is 14.9 Å². The summed E-state index contributed by atoms with van der Waals surface area (Å²) in [5.74, 6) is 0.677. The van der Waals surface area contributed by atoms with Gasteiger partial charge in [0, 0.05) is 39.3 Å². The molecule has 2 heterocycles. The first-order valence-electron chi connectivity index (χ1n) is 8.54. The Morgan fingerprint density at radius 2 is 1.96 bits per heavy atom. The molecule has 0 aliphatic carbocycles. The molecular formula is C18H25N5O2. The van der Waals surface area contributed by atoms with E-state index in [2.05, 4.69) is 32.8 Å². The van der Waals surface area contributed by atoms with E-state index in [1.807, 2.05) is 25.1 Å². The van der Waals surface area contributed by atoms with Gasteiger partial charge >= 0.3 is 6.03 Å². The van der Waals surface area contributed by atoms with E-state index in [1.165, 1.54) is 5.56 Å². The molecule has 7 heteroatoms. The molecule has 0 atom stereocenters. The second-order valence-electron chi connectivity index (χ2n) is 6.26. The minimum Gasteiger partial charge on any atom is -0.379 e. The molecule has 3 rings (SSSR count). The first kappa shape index (κ1) is 17.4. The van der Waals surface area contributed by atoms with Gasteiger partial charge in [0.1, 0.15) is 5.82 Å². The Labute approximate surface area is 148 Å². The van der Waals surface area contributed by atoms with Crippen LogP contribution in [0.25, 0.3) is 0 Å². The van der Waals surface area contributed by atoms with Gasteiger partial charge in [-0.25, -0.2) is 4.79 Å². The van der Waals surface area contributed by atoms with E-state index < -0.39 is 0 Å². The van der Waals surface area contributed by atoms with E-state index in [0.29, 0.717) is 12.4 Å². The normalized spacial score (nSPS) is 15.1. The summed E-state index contributed by atoms with van der Waals surface area (Å²) in [6, 6.07) is 9.83. The molecule has 134 valence electrons. The summed E-state index contributed by atoms with van der Waals surface area (Å²) >= 11 is 0. The van der Waals surface area contributed by atoms with Crippen LogP contribution in [-0.4, -0.2) is 47.0 Å². The first-order valence-corrected chi connectivity index (χ1v) is 8.54. The number of morpholine rings is 1. The summed E-state index contributed by atoms with van der Waals surface area (Å²) in [5, 5.41) is 9.97. The highest BCUT2D eigenvalue weighted by molar-refractivity contribution is 5.88. The van der Waals surface area contributed by atoms with Crippen LogP contribution in [0.1, 0.15) is 16.8 Å². The fraction of sp³-hybridized carbons (Fsp3) is 0.444. The number of urea groups is 1. The third-order valence-corrected chi connectivity index (χ3v) is 4.30. The van der Waals surface area contributed by atoms with Crippen LogP contribution in [0.5, 0.6) is 0 Å². The maximum absolute atomic E-state index is 12.2. The van der Waals surface area contributed by atoms with E-state index in [0.717, 1.165) is 44.1 Å². The van der Waals surface area contributed by atoms with Crippen molar-refractivity contribution in [2.45, 2.75) is 20.0 Å². The molecule has 1 fully saturated rings. The SMILES string of the molecule is Cc1cc(NC(=O)NCc2ccccc2CN2CCOCC2)n(C)n1. The number of aromatic nitrogens is 2. The number of nitrogens with zero attached hydrogens (tertiary/aromatic N) is 3. The minimum atomic E-state index is -0.232. The summed E-state index contributed by atoms with van der Waals surface area (Å²) in [7, 11) is 1.81. The number of nitrogens with one attached hydrogen (secondary N) is 2. The molecule has 0 bridgehead atoms. The number of carbonyl (C=O) groups excluding carboxylic acids is 1. The number of hydrogen-bond donors (Lipinski definition) is 2. The zero-order valence-corrected chi connectivity index (χ0v) is 14.8. The zero-order chi connectivity index (χ0) is 17.6. The molecular weight excluding hydrogens is 318 g/mol. The Morgan fingerprint density at radius 3 is 2.64 bits per heavy atom. The quantitative estimate of drug-likeness (QED) is 0.870. The number of rotatable bonds is 5. The molecule has 2 amide bonds. The summed E-state index contributed by atoms with van der Waals surface area (Å²) in [6.45, 7) is 6.72. The molecule has 1 aromatic heterocycles. The largest absolute Gasteiger partial charge is 0.379 e. The van der Waals surface area contributed by atoms with Crippen LogP contribution in [0, 0.1) is 6.92 Å². The van der Waals surface area contributed by atoms with E-state index >= 15 is 0 Å². The van der Waals surface area contributed by atoms with E-state index in [1.54, 1.807) is 11.7 Å². The lowest BCUT2D eigenvalue weighted by Gasteiger charge is -2.27. The van der Waals surface area contributed by atoms with Gasteiger partial charge in [0.2, 0.25) is 0 Å². The summed E-state index contributed by atoms with van der Waals surface area (Å²) in [5.41, 5.74) is 3.24. The third kappa shape index (κ3) is 4.80. The second-order valence-corrected chi connectivity index (χ2v) is 6.26. The fourth-order valence-electron chi connectivity index (χ4n) is 2.95. The molecule has 1 saturated heterocycles. The van der Waals surface area contributed by atoms with E-state index in [9.17, 15) is 4.79 Å². The molecule has 2 N–H and O–H groups in total. The van der Waals surface area contributed by atoms with E-state index in [-0.39, 0.29) is 6.03 Å². The molecule has 0 spiro atoms. The van der Waals surface area contributed by atoms with Crippen molar-refractivity contribution in [1.82, 2.24) is 20.0 Å². The minimum absolute atomic E-state index is 0.232. The summed E-state index contributed by atoms with van der Waals surface area (Å²) in [6.07, 6.45) is 0. The zero-order valence-electron chi connectivity index (χ0n) is 14.8. The van der Waals surface area contributed by atoms with Crippen molar-refractivity contribution in [2.24, 2.45) is 7.05 Å². The van der Waals surface area contributed by atoms with Crippen LogP contribution in [0.15, 0.2) is 30.3 Å². The van der Waals surface area contributed by atoms with Crippen molar-refractivity contribution < 1.29 is 9.53 Å². The highest BCUT2D eigenvalue weighted by Crippen LogP contribution is 2.13. The van der Waals surface area contributed by atoms with Crippen molar-refractivity contribution in [2.75, 3.05) is 31.6 Å². The standard InChI is InChI=1S/C18H25N5O2/c1-14-11-17(22(2)21-14)20-18(24)19-12-15-5-3-4-6-16(15)13-23-7-9-25-10-8-23/h3-6,11H,7-10,12-13H2,1-2H3,(H2,19,20,24). The molecule has 1 aliphatic rings. The predicted octanol–water partition coefficient (Wildman–Crippen LogP) is 1.88. The molecule has 0 saturated carbocycles. The lowest BCUT2D eigenvalue weighted by molar-refractivity contribution is 0.0341. The number of benzene rings is 1. The predicted molar refractivity (Wildman–Crippen MR) is 96.3 cm³/mol. The number of anilines is 1. The topological polar surface area (TPSA) is 71.4 Å². The van der Waals surface area contributed by atoms with Crippen molar-refractivity contribution in [1.29, 1.82) is 0 Å². The summed E-state index contributed by atoms with van der Waals surface area (Å²) < 4.78 is 7.05. The Hall–Kier alpha value is -2.38. The Balaban J connectivity index is 1.57. The second kappa shape index (κ2) is 8.13. The van der Waals surface area contributed by atoms with Gasteiger partial charge < -0.3 is 10.1 Å². The van der Waals surface area contributed by atoms with E-state index in [4.69, 9.17) is 4.74 Å². The maximum Gasteiger partial charge on any atom is 0.320 e. The number of aryl methyl sites for hydroxylation is 2. The maximum atomic E-state index is 12.2. The third-order valence-electron chi connectivity index (χ3n) is 4.30. The van der Waals surface area contributed by atoms with Crippen molar-refractivity contribution >= 4 is 11.8 Å². The van der Waals surface area contributed by atoms with Crippen LogP contribution < -0.4 is 10.6 Å². The number of ether oxygens (including phenoxy) is 1. The average Bonchev–Trinajstić information content (AvgIpc) is 2.92. The highest BCUT2D eigenvalue weighted by Gasteiger charge is 2.13. The fourth-order valence-corrected chi connectivity index (χ4v) is 2.95. The van der Waals surface area contributed by atoms with Crippen molar-refractivity contribution in [3.05, 3.63) is 47.2 Å². The molecule has 1 aliphatic heterocycles. The van der Waals surface area contributed by atoms with Crippen LogP contribution >= 0.6 is 0 Å². The van der Waals surface area contributed by atoms with Crippen LogP contribution in [0.4, 0.5) is 10.6 Å². The number of carbonyl (C=O) groups is 1. The van der Waals surface area contributed by atoms with Gasteiger partial charge in [-0.2, -0.15) is 5.10 Å². The van der Waals surface area contributed by atoms with Crippen LogP contribution in [-0.2, 0) is 24.9 Å². The lowest BCUT2D eigenvalue weighted by Crippen LogP contribution is -2.36. The van der Waals surface area contributed by atoms with Gasteiger partial charge in [-0.1, -0.05) is 24.3 Å². The molecule has 7 nitrogen and oxygen atoms in total. The smallest absolute Gasteiger partial charge is 0.320 e. The first-order chi connectivity index (χ1) is 12.1. The molecule has 2 aromatic rings. The van der Waals surface area contributed by atoms with Crippen molar-refractivity contribution in [3.8, 4) is 0 Å².